The lowest BCUT2D eigenvalue weighted by molar-refractivity contribution is -0.135. The molecule has 184 valence electrons. The second-order valence-electron chi connectivity index (χ2n) is 7.96. The van der Waals surface area contributed by atoms with E-state index in [-0.39, 0.29) is 18.9 Å². The maximum absolute atomic E-state index is 12.4. The fraction of sp³-hybridized carbons (Fsp3) is 0.360. The van der Waals surface area contributed by atoms with Gasteiger partial charge in [0, 0.05) is 37.3 Å². The number of aryl methyl sites for hydroxylation is 1. The molecule has 3 aromatic rings. The van der Waals surface area contributed by atoms with Gasteiger partial charge in [0.2, 0.25) is 11.8 Å². The number of hydrogen-bond acceptors (Lipinski definition) is 8. The summed E-state index contributed by atoms with van der Waals surface area (Å²) >= 11 is 0. The summed E-state index contributed by atoms with van der Waals surface area (Å²) < 4.78 is 22.8. The number of carbonyl (C=O) groups excluding carboxylic acids is 1. The van der Waals surface area contributed by atoms with Gasteiger partial charge in [-0.15, -0.1) is 0 Å². The number of aromatic amines is 1. The highest BCUT2D eigenvalue weighted by Crippen LogP contribution is 2.36. The van der Waals surface area contributed by atoms with Crippen molar-refractivity contribution in [3.63, 3.8) is 0 Å². The van der Waals surface area contributed by atoms with Crippen molar-refractivity contribution in [1.82, 2.24) is 14.9 Å². The second kappa shape index (κ2) is 11.0. The van der Waals surface area contributed by atoms with Gasteiger partial charge in [-0.05, 0) is 31.8 Å². The van der Waals surface area contributed by atoms with Crippen molar-refractivity contribution in [2.75, 3.05) is 47.1 Å². The summed E-state index contributed by atoms with van der Waals surface area (Å²) in [5.74, 6) is 1.81. The number of rotatable bonds is 8. The van der Waals surface area contributed by atoms with Crippen molar-refractivity contribution in [3.05, 3.63) is 41.7 Å². The summed E-state index contributed by atoms with van der Waals surface area (Å²) in [6.07, 6.45) is 1.88. The molecule has 3 heterocycles. The summed E-state index contributed by atoms with van der Waals surface area (Å²) in [6.45, 7) is 8.19. The van der Waals surface area contributed by atoms with Gasteiger partial charge in [0.1, 0.15) is 11.4 Å². The number of carbonyl (C=O) groups is 1. The van der Waals surface area contributed by atoms with Crippen molar-refractivity contribution in [1.29, 1.82) is 0 Å². The van der Waals surface area contributed by atoms with Crippen molar-refractivity contribution in [2.45, 2.75) is 13.3 Å². The molecule has 1 aliphatic rings. The van der Waals surface area contributed by atoms with Gasteiger partial charge in [-0.1, -0.05) is 0 Å². The number of aromatic nitrogens is 2. The molecule has 2 aromatic heterocycles. The Balaban J connectivity index is 1.50. The monoisotopic (exact) mass is 479 g/mol. The van der Waals surface area contributed by atoms with E-state index in [0.29, 0.717) is 60.7 Å². The van der Waals surface area contributed by atoms with Crippen molar-refractivity contribution < 1.29 is 23.7 Å². The zero-order valence-electron chi connectivity index (χ0n) is 20.2. The lowest BCUT2D eigenvalue weighted by atomic mass is 10.1. The summed E-state index contributed by atoms with van der Waals surface area (Å²) in [5.41, 5.74) is 2.89. The van der Waals surface area contributed by atoms with E-state index in [1.165, 1.54) is 0 Å². The Hall–Kier alpha value is -3.92. The standard InChI is InChI=1S/C25H29N5O5/c1-16-11-17-12-18(15-28-24(17)29-16)35-25(27-3)19-13-21(32-4)22(14-20(19)26-2)34-8-5-23(31)30-6-9-33-10-7-30/h11-15H,2,5-10H2,1,3-4H3,(H,28,29). The molecule has 1 N–H and O–H groups in total. The molecule has 1 aromatic carbocycles. The molecule has 0 radical (unpaired) electrons. The van der Waals surface area contributed by atoms with Crippen LogP contribution in [-0.2, 0) is 9.53 Å². The van der Waals surface area contributed by atoms with Gasteiger partial charge < -0.3 is 28.8 Å². The number of morpholine rings is 1. The van der Waals surface area contributed by atoms with Gasteiger partial charge in [0.15, 0.2) is 11.5 Å². The van der Waals surface area contributed by atoms with Crippen molar-refractivity contribution >= 4 is 35.2 Å². The summed E-state index contributed by atoms with van der Waals surface area (Å²) in [6, 6.07) is 7.32. The number of amides is 1. The molecule has 0 atom stereocenters. The second-order valence-corrected chi connectivity index (χ2v) is 7.96. The minimum absolute atomic E-state index is 0.0305. The van der Waals surface area contributed by atoms with Crippen molar-refractivity contribution in [2.24, 2.45) is 9.98 Å². The Morgan fingerprint density at radius 1 is 1.23 bits per heavy atom. The largest absolute Gasteiger partial charge is 0.493 e. The van der Waals surface area contributed by atoms with Crippen LogP contribution in [0.3, 0.4) is 0 Å². The van der Waals surface area contributed by atoms with Gasteiger partial charge in [-0.3, -0.25) is 14.8 Å². The van der Waals surface area contributed by atoms with Crippen molar-refractivity contribution in [3.8, 4) is 17.2 Å². The van der Waals surface area contributed by atoms with Crippen LogP contribution in [-0.4, -0.2) is 80.5 Å². The number of methoxy groups -OCH3 is 1. The van der Waals surface area contributed by atoms with Crippen LogP contribution in [0, 0.1) is 6.92 Å². The lowest BCUT2D eigenvalue weighted by Crippen LogP contribution is -2.41. The van der Waals surface area contributed by atoms with Crippen LogP contribution in [0.25, 0.3) is 11.0 Å². The maximum atomic E-state index is 12.4. The Morgan fingerprint density at radius 2 is 2.03 bits per heavy atom. The highest BCUT2D eigenvalue weighted by Gasteiger charge is 2.20. The van der Waals surface area contributed by atoms with Crippen LogP contribution >= 0.6 is 0 Å². The molecule has 1 fully saturated rings. The first-order valence-corrected chi connectivity index (χ1v) is 11.3. The molecule has 0 spiro atoms. The molecule has 4 rings (SSSR count). The molecule has 0 aliphatic carbocycles. The average Bonchev–Trinajstić information content (AvgIpc) is 3.26. The van der Waals surface area contributed by atoms with E-state index in [9.17, 15) is 4.79 Å². The first-order valence-electron chi connectivity index (χ1n) is 11.3. The fourth-order valence-electron chi connectivity index (χ4n) is 3.86. The third-order valence-corrected chi connectivity index (χ3v) is 5.62. The first kappa shape index (κ1) is 24.2. The van der Waals surface area contributed by atoms with E-state index in [1.54, 1.807) is 37.4 Å². The molecule has 0 saturated carbocycles. The van der Waals surface area contributed by atoms with E-state index in [0.717, 1.165) is 16.7 Å². The Labute approximate surface area is 203 Å². The first-order chi connectivity index (χ1) is 17.0. The zero-order valence-corrected chi connectivity index (χ0v) is 20.2. The predicted octanol–water partition coefficient (Wildman–Crippen LogP) is 3.30. The maximum Gasteiger partial charge on any atom is 0.226 e. The van der Waals surface area contributed by atoms with Gasteiger partial charge >= 0.3 is 0 Å². The smallest absolute Gasteiger partial charge is 0.226 e. The molecule has 1 saturated heterocycles. The molecular weight excluding hydrogens is 450 g/mol. The van der Waals surface area contributed by atoms with Crippen LogP contribution < -0.4 is 14.2 Å². The number of benzene rings is 1. The summed E-state index contributed by atoms with van der Waals surface area (Å²) in [4.78, 5) is 30.2. The Bertz CT molecular complexity index is 1250. The fourth-order valence-corrected chi connectivity index (χ4v) is 3.86. The van der Waals surface area contributed by atoms with E-state index in [1.807, 2.05) is 19.1 Å². The number of aliphatic imine (C=N–C) groups is 2. The third-order valence-electron chi connectivity index (χ3n) is 5.62. The molecule has 0 unspecified atom stereocenters. The van der Waals surface area contributed by atoms with E-state index in [2.05, 4.69) is 26.7 Å². The number of hydrogen-bond donors (Lipinski definition) is 1. The van der Waals surface area contributed by atoms with E-state index < -0.39 is 0 Å². The number of nitrogens with one attached hydrogen (secondary N) is 1. The lowest BCUT2D eigenvalue weighted by Gasteiger charge is -2.26. The number of fused-ring (bicyclic) bond motifs is 1. The van der Waals surface area contributed by atoms with Gasteiger partial charge in [0.05, 0.1) is 50.8 Å². The normalized spacial score (nSPS) is 14.1. The number of nitrogens with zero attached hydrogens (tertiary/aromatic N) is 4. The quantitative estimate of drug-likeness (QED) is 0.392. The Kier molecular flexibility index (Phi) is 7.61. The molecular formula is C25H29N5O5. The molecule has 10 nitrogen and oxygen atoms in total. The SMILES string of the molecule is C=Nc1cc(OCCC(=O)N2CCOCC2)c(OC)cc1C(=NC)Oc1cnc2[nH]c(C)cc2c1. The van der Waals surface area contributed by atoms with E-state index >= 15 is 0 Å². The molecule has 1 aliphatic heterocycles. The minimum Gasteiger partial charge on any atom is -0.493 e. The average molecular weight is 480 g/mol. The molecule has 0 bridgehead atoms. The molecule has 10 heteroatoms. The zero-order chi connectivity index (χ0) is 24.8. The Morgan fingerprint density at radius 3 is 2.74 bits per heavy atom. The molecule has 1 amide bonds. The number of H-pyrrole nitrogens is 1. The predicted molar refractivity (Wildman–Crippen MR) is 134 cm³/mol. The topological polar surface area (TPSA) is 111 Å². The summed E-state index contributed by atoms with van der Waals surface area (Å²) in [7, 11) is 3.17. The van der Waals surface area contributed by atoms with Crippen LogP contribution in [0.1, 0.15) is 17.7 Å². The third kappa shape index (κ3) is 5.60. The number of pyridine rings is 1. The van der Waals surface area contributed by atoms with E-state index in [4.69, 9.17) is 18.9 Å². The van der Waals surface area contributed by atoms with Crippen LogP contribution in [0.2, 0.25) is 0 Å². The summed E-state index contributed by atoms with van der Waals surface area (Å²) in [5, 5.41) is 0.936. The van der Waals surface area contributed by atoms with Crippen LogP contribution in [0.5, 0.6) is 17.2 Å². The highest BCUT2D eigenvalue weighted by molar-refractivity contribution is 6.01. The molecule has 35 heavy (non-hydrogen) atoms. The van der Waals surface area contributed by atoms with Gasteiger partial charge in [0.25, 0.3) is 0 Å². The van der Waals surface area contributed by atoms with Gasteiger partial charge in [-0.2, -0.15) is 0 Å². The van der Waals surface area contributed by atoms with Gasteiger partial charge in [-0.25, -0.2) is 4.98 Å². The van der Waals surface area contributed by atoms with Crippen LogP contribution in [0.4, 0.5) is 5.69 Å². The minimum atomic E-state index is 0.0305. The number of ether oxygens (including phenoxy) is 4. The van der Waals surface area contributed by atoms with Crippen LogP contribution in [0.15, 0.2) is 40.4 Å². The highest BCUT2D eigenvalue weighted by atomic mass is 16.5.